The molecule has 1 saturated carbocycles. The summed E-state index contributed by atoms with van der Waals surface area (Å²) in [5.41, 5.74) is 0. The molecular weight excluding hydrogens is 212 g/mol. The van der Waals surface area contributed by atoms with Gasteiger partial charge in [-0.15, -0.1) is 0 Å². The van der Waals surface area contributed by atoms with Gasteiger partial charge in [0.05, 0.1) is 6.61 Å². The highest BCUT2D eigenvalue weighted by Crippen LogP contribution is 2.29. The van der Waals surface area contributed by atoms with Crippen LogP contribution in [0.3, 0.4) is 0 Å². The molecule has 1 aliphatic carbocycles. The molecule has 92 valence electrons. The van der Waals surface area contributed by atoms with E-state index < -0.39 is 18.4 Å². The van der Waals surface area contributed by atoms with E-state index in [1.807, 2.05) is 0 Å². The number of rotatable bonds is 5. The van der Waals surface area contributed by atoms with Crippen LogP contribution in [0.25, 0.3) is 0 Å². The van der Waals surface area contributed by atoms with Crippen LogP contribution in [-0.2, 0) is 19.0 Å². The van der Waals surface area contributed by atoms with Gasteiger partial charge in [0, 0.05) is 12.8 Å². The fourth-order valence-electron chi connectivity index (χ4n) is 1.06. The minimum absolute atomic E-state index is 0.0997. The van der Waals surface area contributed by atoms with Crippen LogP contribution in [0.4, 0.5) is 4.79 Å². The molecule has 0 bridgehead atoms. The zero-order valence-electron chi connectivity index (χ0n) is 9.89. The number of carbonyl (C=O) groups excluding carboxylic acids is 2. The van der Waals surface area contributed by atoms with E-state index in [2.05, 4.69) is 0 Å². The Kier molecular flexibility index (Phi) is 4.58. The third kappa shape index (κ3) is 5.00. The predicted molar refractivity (Wildman–Crippen MR) is 55.5 cm³/mol. The van der Waals surface area contributed by atoms with Crippen molar-refractivity contribution in [2.75, 3.05) is 6.61 Å². The second-order valence-corrected chi connectivity index (χ2v) is 4.34. The lowest BCUT2D eigenvalue weighted by molar-refractivity contribution is -0.176. The third-order valence-corrected chi connectivity index (χ3v) is 2.17. The Balaban J connectivity index is 2.27. The minimum Gasteiger partial charge on any atom is -0.434 e. The summed E-state index contributed by atoms with van der Waals surface area (Å²) in [4.78, 5) is 22.0. The van der Waals surface area contributed by atoms with E-state index in [0.29, 0.717) is 12.5 Å². The van der Waals surface area contributed by atoms with Crippen molar-refractivity contribution in [2.45, 2.75) is 39.9 Å². The molecule has 0 saturated heterocycles. The number of esters is 1. The molecular formula is C11H18O5. The molecule has 0 unspecified atom stereocenters. The molecule has 0 spiro atoms. The molecule has 16 heavy (non-hydrogen) atoms. The van der Waals surface area contributed by atoms with Crippen LogP contribution in [0.15, 0.2) is 0 Å². The number of carbonyl (C=O) groups is 2. The molecule has 1 aliphatic rings. The van der Waals surface area contributed by atoms with E-state index in [9.17, 15) is 9.59 Å². The maximum atomic E-state index is 11.2. The van der Waals surface area contributed by atoms with Gasteiger partial charge >= 0.3 is 12.1 Å². The van der Waals surface area contributed by atoms with Gasteiger partial charge in [-0.25, -0.2) is 4.79 Å². The average molecular weight is 230 g/mol. The van der Waals surface area contributed by atoms with Crippen LogP contribution >= 0.6 is 0 Å². The van der Waals surface area contributed by atoms with Gasteiger partial charge in [0.1, 0.15) is 0 Å². The predicted octanol–water partition coefficient (Wildman–Crippen LogP) is 2.09. The fourth-order valence-corrected chi connectivity index (χ4v) is 1.06. The first-order valence-electron chi connectivity index (χ1n) is 5.49. The van der Waals surface area contributed by atoms with Crippen LogP contribution in [-0.4, -0.2) is 25.0 Å². The van der Waals surface area contributed by atoms with Crippen molar-refractivity contribution in [3.63, 3.8) is 0 Å². The summed E-state index contributed by atoms with van der Waals surface area (Å²) in [7, 11) is 0. The summed E-state index contributed by atoms with van der Waals surface area (Å²) in [5.74, 6) is -0.0927. The van der Waals surface area contributed by atoms with E-state index in [4.69, 9.17) is 14.2 Å². The van der Waals surface area contributed by atoms with Crippen molar-refractivity contribution in [3.05, 3.63) is 0 Å². The zero-order valence-corrected chi connectivity index (χ0v) is 9.89. The largest absolute Gasteiger partial charge is 0.511 e. The monoisotopic (exact) mass is 230 g/mol. The highest BCUT2D eigenvalue weighted by Gasteiger charge is 2.26. The smallest absolute Gasteiger partial charge is 0.434 e. The summed E-state index contributed by atoms with van der Waals surface area (Å²) in [6, 6.07) is 0. The lowest BCUT2D eigenvalue weighted by Crippen LogP contribution is -2.29. The average Bonchev–Trinajstić information content (AvgIpc) is 2.96. The van der Waals surface area contributed by atoms with Crippen molar-refractivity contribution >= 4 is 12.1 Å². The molecule has 0 aromatic carbocycles. The molecule has 0 aromatic rings. The van der Waals surface area contributed by atoms with Gasteiger partial charge in [-0.3, -0.25) is 4.79 Å². The number of ether oxygens (including phenoxy) is 3. The summed E-state index contributed by atoms with van der Waals surface area (Å²) in [5, 5.41) is 0. The maximum absolute atomic E-state index is 11.2. The SMILES string of the molecule is CC(=O)O[C@@H](OC(=O)OCC1CC1)C(C)C. The van der Waals surface area contributed by atoms with E-state index in [0.717, 1.165) is 12.8 Å². The summed E-state index contributed by atoms with van der Waals surface area (Å²) in [6.07, 6.45) is 0.561. The van der Waals surface area contributed by atoms with Crippen molar-refractivity contribution in [2.24, 2.45) is 11.8 Å². The molecule has 1 atom stereocenters. The highest BCUT2D eigenvalue weighted by atomic mass is 16.8. The van der Waals surface area contributed by atoms with Crippen molar-refractivity contribution in [1.82, 2.24) is 0 Å². The van der Waals surface area contributed by atoms with Crippen LogP contribution in [0.2, 0.25) is 0 Å². The van der Waals surface area contributed by atoms with Gasteiger partial charge in [-0.05, 0) is 18.8 Å². The van der Waals surface area contributed by atoms with E-state index >= 15 is 0 Å². The zero-order chi connectivity index (χ0) is 12.1. The highest BCUT2D eigenvalue weighted by molar-refractivity contribution is 5.66. The van der Waals surface area contributed by atoms with Gasteiger partial charge in [0.25, 0.3) is 6.29 Å². The molecule has 0 aliphatic heterocycles. The maximum Gasteiger partial charge on any atom is 0.511 e. The first kappa shape index (κ1) is 12.8. The summed E-state index contributed by atoms with van der Waals surface area (Å²) < 4.78 is 14.6. The first-order chi connectivity index (χ1) is 7.49. The Labute approximate surface area is 95.0 Å². The van der Waals surface area contributed by atoms with Crippen LogP contribution in [0.5, 0.6) is 0 Å². The fraction of sp³-hybridized carbons (Fsp3) is 0.818. The van der Waals surface area contributed by atoms with Crippen LogP contribution in [0.1, 0.15) is 33.6 Å². The lowest BCUT2D eigenvalue weighted by atomic mass is 10.2. The topological polar surface area (TPSA) is 61.8 Å². The molecule has 5 heteroatoms. The number of hydrogen-bond acceptors (Lipinski definition) is 5. The standard InChI is InChI=1S/C11H18O5/c1-7(2)10(15-8(3)12)16-11(13)14-6-9-4-5-9/h7,9-10H,4-6H2,1-3H3/t10-/m0/s1. The Hall–Kier alpha value is -1.26. The van der Waals surface area contributed by atoms with Gasteiger partial charge in [0.2, 0.25) is 0 Å². The molecule has 0 heterocycles. The van der Waals surface area contributed by atoms with Gasteiger partial charge < -0.3 is 14.2 Å². The summed E-state index contributed by atoms with van der Waals surface area (Å²) in [6.45, 7) is 5.25. The normalized spacial score (nSPS) is 16.8. The van der Waals surface area contributed by atoms with Crippen LogP contribution < -0.4 is 0 Å². The Morgan fingerprint density at radius 1 is 1.25 bits per heavy atom. The van der Waals surface area contributed by atoms with Crippen LogP contribution in [0, 0.1) is 11.8 Å². The van der Waals surface area contributed by atoms with Gasteiger partial charge in [-0.1, -0.05) is 13.8 Å². The second kappa shape index (κ2) is 5.72. The van der Waals surface area contributed by atoms with E-state index in [1.54, 1.807) is 13.8 Å². The van der Waals surface area contributed by atoms with E-state index in [-0.39, 0.29) is 5.92 Å². The first-order valence-corrected chi connectivity index (χ1v) is 5.49. The van der Waals surface area contributed by atoms with Crippen molar-refractivity contribution < 1.29 is 23.8 Å². The molecule has 0 aromatic heterocycles. The quantitative estimate of drug-likeness (QED) is 0.534. The Morgan fingerprint density at radius 2 is 1.88 bits per heavy atom. The van der Waals surface area contributed by atoms with Crippen molar-refractivity contribution in [1.29, 1.82) is 0 Å². The molecule has 1 rings (SSSR count). The second-order valence-electron chi connectivity index (χ2n) is 4.34. The Bertz CT molecular complexity index is 257. The third-order valence-electron chi connectivity index (χ3n) is 2.17. The lowest BCUT2D eigenvalue weighted by Gasteiger charge is -2.20. The molecule has 5 nitrogen and oxygen atoms in total. The number of hydrogen-bond donors (Lipinski definition) is 0. The van der Waals surface area contributed by atoms with Gasteiger partial charge in [-0.2, -0.15) is 0 Å². The molecule has 1 fully saturated rings. The van der Waals surface area contributed by atoms with E-state index in [1.165, 1.54) is 6.92 Å². The minimum atomic E-state index is -0.871. The Morgan fingerprint density at radius 3 is 2.31 bits per heavy atom. The van der Waals surface area contributed by atoms with Crippen molar-refractivity contribution in [3.8, 4) is 0 Å². The summed E-state index contributed by atoms with van der Waals surface area (Å²) >= 11 is 0. The molecule has 0 N–H and O–H groups in total. The molecule has 0 amide bonds. The van der Waals surface area contributed by atoms with Gasteiger partial charge in [0.15, 0.2) is 0 Å². The molecule has 0 radical (unpaired) electrons.